The van der Waals surface area contributed by atoms with Gasteiger partial charge in [0.15, 0.2) is 0 Å². The first-order valence-electron chi connectivity index (χ1n) is 10.6. The monoisotopic (exact) mass is 569 g/mol. The van der Waals surface area contributed by atoms with E-state index in [1.54, 1.807) is 11.1 Å². The Labute approximate surface area is 174 Å². The molecule has 26 heavy (non-hydrogen) atoms. The summed E-state index contributed by atoms with van der Waals surface area (Å²) < 4.78 is 4.05. The predicted octanol–water partition coefficient (Wildman–Crippen LogP) is 7.47. The molecule has 0 N–H and O–H groups in total. The molecule has 0 amide bonds. The zero-order chi connectivity index (χ0) is 19.5. The average molecular weight is 568 g/mol. The first-order chi connectivity index (χ1) is 12.0. The second-order valence-corrected chi connectivity index (χ2v) is 48.9. The molecule has 0 saturated heterocycles. The van der Waals surface area contributed by atoms with Gasteiger partial charge < -0.3 is 0 Å². The molecule has 2 aliphatic carbocycles. The third-order valence-electron chi connectivity index (χ3n) is 5.57. The van der Waals surface area contributed by atoms with Crippen molar-refractivity contribution < 1.29 is 20.6 Å². The van der Waals surface area contributed by atoms with Crippen LogP contribution in [0.3, 0.4) is 0 Å². The van der Waals surface area contributed by atoms with Crippen LogP contribution in [-0.2, 0) is 20.6 Å². The third-order valence-corrected chi connectivity index (χ3v) is 36.8. The maximum atomic E-state index is 2.67. The molecule has 4 heteroatoms. The van der Waals surface area contributed by atoms with Crippen molar-refractivity contribution in [2.24, 2.45) is 0 Å². The van der Waals surface area contributed by atoms with E-state index in [4.69, 9.17) is 0 Å². The van der Waals surface area contributed by atoms with E-state index in [9.17, 15) is 0 Å². The van der Waals surface area contributed by atoms with Crippen LogP contribution in [-0.4, -0.2) is 22.1 Å². The van der Waals surface area contributed by atoms with Crippen LogP contribution in [0.2, 0.25) is 64.5 Å². The number of hydrogen-bond acceptors (Lipinski definition) is 0. The molecule has 2 aliphatic rings. The summed E-state index contributed by atoms with van der Waals surface area (Å²) in [6.45, 7) is 20.5. The van der Waals surface area contributed by atoms with E-state index in [0.717, 1.165) is 0 Å². The fourth-order valence-electron chi connectivity index (χ4n) is 4.03. The van der Waals surface area contributed by atoms with Crippen molar-refractivity contribution in [3.8, 4) is 0 Å². The Kier molecular flexibility index (Phi) is 8.16. The molecule has 0 atom stereocenters. The van der Waals surface area contributed by atoms with Gasteiger partial charge in [0.25, 0.3) is 0 Å². The number of rotatable bonds is 9. The topological polar surface area (TPSA) is 0 Å². The molecular weight excluding hydrogens is 527 g/mol. The summed E-state index contributed by atoms with van der Waals surface area (Å²) in [7, 11) is -1.90. The molecule has 145 valence electrons. The van der Waals surface area contributed by atoms with Crippen molar-refractivity contribution in [3.63, 3.8) is 0 Å². The van der Waals surface area contributed by atoms with E-state index >= 15 is 0 Å². The van der Waals surface area contributed by atoms with Gasteiger partial charge in [0.2, 0.25) is 0 Å². The summed E-state index contributed by atoms with van der Waals surface area (Å²) in [5, 5.41) is 0. The van der Waals surface area contributed by atoms with Crippen LogP contribution < -0.4 is 0 Å². The maximum absolute atomic E-state index is 2.67. The van der Waals surface area contributed by atoms with Crippen LogP contribution in [0.4, 0.5) is 0 Å². The zero-order valence-electron chi connectivity index (χ0n) is 18.6. The van der Waals surface area contributed by atoms with E-state index < -0.39 is 42.7 Å². The molecule has 2 rings (SSSR count). The van der Waals surface area contributed by atoms with Crippen LogP contribution in [0.15, 0.2) is 42.1 Å². The van der Waals surface area contributed by atoms with Crippen molar-refractivity contribution in [3.05, 3.63) is 42.1 Å². The van der Waals surface area contributed by atoms with Crippen LogP contribution in [0.25, 0.3) is 0 Å². The molecule has 0 spiro atoms. The second kappa shape index (κ2) is 9.32. The Morgan fingerprint density at radius 2 is 1.15 bits per heavy atom. The van der Waals surface area contributed by atoms with Gasteiger partial charge in [-0.05, 0) is 0 Å². The van der Waals surface area contributed by atoms with Gasteiger partial charge in [-0.2, -0.15) is 0 Å². The van der Waals surface area contributed by atoms with Crippen LogP contribution >= 0.6 is 0 Å². The van der Waals surface area contributed by atoms with Crippen molar-refractivity contribution in [2.45, 2.75) is 90.1 Å². The third kappa shape index (κ3) is 6.82. The molecule has 0 aliphatic heterocycles. The molecule has 0 aromatic carbocycles. The minimum absolute atomic E-state index is 0.563. The quantitative estimate of drug-likeness (QED) is 0.253. The van der Waals surface area contributed by atoms with Crippen molar-refractivity contribution >= 4 is 22.1 Å². The van der Waals surface area contributed by atoms with Gasteiger partial charge in [-0.1, -0.05) is 0 Å². The van der Waals surface area contributed by atoms with Crippen molar-refractivity contribution in [2.75, 3.05) is 0 Å². The molecule has 0 heterocycles. The molecular formula is C22H41HfSi3. The van der Waals surface area contributed by atoms with Gasteiger partial charge in [-0.15, -0.1) is 0 Å². The molecule has 0 radical (unpaired) electrons. The van der Waals surface area contributed by atoms with Crippen LogP contribution in [0.5, 0.6) is 0 Å². The SMILES string of the molecule is C[SiH](C)[Hf]([C]1=C(CC[Si](C)(C)C)C=CC1)[C]1=C(CC[Si](C)(C)C)C=CC1. The summed E-state index contributed by atoms with van der Waals surface area (Å²) in [5.41, 5.74) is 3.61. The van der Waals surface area contributed by atoms with E-state index in [1.165, 1.54) is 37.8 Å². The van der Waals surface area contributed by atoms with Gasteiger partial charge in [0.05, 0.1) is 0 Å². The van der Waals surface area contributed by atoms with E-state index in [1.807, 2.05) is 6.66 Å². The van der Waals surface area contributed by atoms with Crippen molar-refractivity contribution in [1.82, 2.24) is 0 Å². The van der Waals surface area contributed by atoms with E-state index in [2.05, 4.69) is 76.7 Å². The molecule has 0 fully saturated rings. The first kappa shape index (κ1) is 22.8. The average Bonchev–Trinajstić information content (AvgIpc) is 3.11. The molecule has 0 aromatic rings. The van der Waals surface area contributed by atoms with Crippen LogP contribution in [0.1, 0.15) is 25.7 Å². The summed E-state index contributed by atoms with van der Waals surface area (Å²) in [5.74, 6) is -0.563. The Morgan fingerprint density at radius 3 is 1.46 bits per heavy atom. The predicted molar refractivity (Wildman–Crippen MR) is 126 cm³/mol. The molecule has 0 unspecified atom stereocenters. The first-order valence-corrected chi connectivity index (χ1v) is 30.7. The Hall–Kier alpha value is 0.481. The van der Waals surface area contributed by atoms with Gasteiger partial charge in [-0.25, -0.2) is 0 Å². The number of hydrogen-bond donors (Lipinski definition) is 0. The fourth-order valence-corrected chi connectivity index (χ4v) is 35.2. The van der Waals surface area contributed by atoms with Gasteiger partial charge in [0, 0.05) is 0 Å². The van der Waals surface area contributed by atoms with Crippen LogP contribution in [0, 0.1) is 0 Å². The normalized spacial score (nSPS) is 18.0. The summed E-state index contributed by atoms with van der Waals surface area (Å²) in [6.07, 6.45) is 15.5. The molecule has 0 bridgehead atoms. The van der Waals surface area contributed by atoms with Gasteiger partial charge >= 0.3 is 175 Å². The molecule has 0 saturated carbocycles. The summed E-state index contributed by atoms with van der Waals surface area (Å²) in [4.78, 5) is 0. The van der Waals surface area contributed by atoms with E-state index in [-0.39, 0.29) is 0 Å². The Balaban J connectivity index is 2.27. The van der Waals surface area contributed by atoms with Crippen molar-refractivity contribution in [1.29, 1.82) is 0 Å². The summed E-state index contributed by atoms with van der Waals surface area (Å²) in [6, 6.07) is 2.93. The summed E-state index contributed by atoms with van der Waals surface area (Å²) >= 11 is -1.80. The Bertz CT molecular complexity index is 573. The standard InChI is InChI=1S/2C10H17Si.C2H7Si.Hf/c2*1-11(2,3)9-8-10-6-4-5-7-10;1-3-2;/h2*4,6H,5,8-9H2,1-3H3;3H,1-2H3;. The minimum atomic E-state index is -1.80. The second-order valence-electron chi connectivity index (χ2n) is 10.9. The van der Waals surface area contributed by atoms with E-state index in [0.29, 0.717) is 0 Å². The molecule has 0 nitrogen and oxygen atoms in total. The molecule has 0 aromatic heterocycles. The van der Waals surface area contributed by atoms with Gasteiger partial charge in [0.1, 0.15) is 0 Å². The Morgan fingerprint density at radius 1 is 0.769 bits per heavy atom. The number of allylic oxidation sites excluding steroid dienone is 8. The fraction of sp³-hybridized carbons (Fsp3) is 0.636. The van der Waals surface area contributed by atoms with Gasteiger partial charge in [-0.3, -0.25) is 0 Å². The zero-order valence-corrected chi connectivity index (χ0v) is 25.4.